The van der Waals surface area contributed by atoms with Gasteiger partial charge in [0, 0.05) is 16.3 Å². The van der Waals surface area contributed by atoms with E-state index < -0.39 is 0 Å². The summed E-state index contributed by atoms with van der Waals surface area (Å²) in [6.07, 6.45) is 0. The number of benzene rings is 3. The molecular weight excluding hydrogens is 310 g/mol. The van der Waals surface area contributed by atoms with Crippen LogP contribution < -0.4 is 0 Å². The summed E-state index contributed by atoms with van der Waals surface area (Å²) in [5.74, 6) is -0.350. The van der Waals surface area contributed by atoms with Crippen molar-refractivity contribution in [3.05, 3.63) is 77.9 Å². The Labute approximate surface area is 145 Å². The molecule has 0 saturated carbocycles. The van der Waals surface area contributed by atoms with Gasteiger partial charge in [-0.1, -0.05) is 60.2 Å². The fourth-order valence-electron chi connectivity index (χ4n) is 3.19. The number of nitrogens with zero attached hydrogens (tertiary/aromatic N) is 1. The molecule has 0 N–H and O–H groups in total. The predicted molar refractivity (Wildman–Crippen MR) is 101 cm³/mol. The van der Waals surface area contributed by atoms with E-state index in [1.807, 2.05) is 67.6 Å². The summed E-state index contributed by atoms with van der Waals surface area (Å²) in [4.78, 5) is 17.2. The van der Waals surface area contributed by atoms with Crippen molar-refractivity contribution in [3.8, 4) is 11.3 Å². The van der Waals surface area contributed by atoms with Gasteiger partial charge in [-0.3, -0.25) is 0 Å². The van der Waals surface area contributed by atoms with Crippen LogP contribution in [-0.4, -0.2) is 18.1 Å². The lowest BCUT2D eigenvalue weighted by Gasteiger charge is -2.11. The zero-order valence-corrected chi connectivity index (χ0v) is 14.1. The lowest BCUT2D eigenvalue weighted by atomic mass is 9.99. The van der Waals surface area contributed by atoms with Gasteiger partial charge in [-0.25, -0.2) is 9.78 Å². The summed E-state index contributed by atoms with van der Waals surface area (Å²) >= 11 is 0. The lowest BCUT2D eigenvalue weighted by molar-refractivity contribution is 0.0603. The molecule has 1 aromatic heterocycles. The molecule has 3 nitrogen and oxygen atoms in total. The van der Waals surface area contributed by atoms with Crippen LogP contribution in [0.15, 0.2) is 66.7 Å². The molecule has 0 atom stereocenters. The van der Waals surface area contributed by atoms with Crippen LogP contribution in [0.3, 0.4) is 0 Å². The second-order valence-corrected chi connectivity index (χ2v) is 6.10. The van der Waals surface area contributed by atoms with E-state index in [0.717, 1.165) is 38.5 Å². The van der Waals surface area contributed by atoms with Gasteiger partial charge in [0.15, 0.2) is 0 Å². The Bertz CT molecular complexity index is 1120. The van der Waals surface area contributed by atoms with Crippen LogP contribution in [0.2, 0.25) is 0 Å². The van der Waals surface area contributed by atoms with Gasteiger partial charge in [0.2, 0.25) is 0 Å². The molecule has 122 valence electrons. The van der Waals surface area contributed by atoms with Crippen LogP contribution in [-0.2, 0) is 4.74 Å². The molecule has 25 heavy (non-hydrogen) atoms. The third-order valence-electron chi connectivity index (χ3n) is 4.42. The van der Waals surface area contributed by atoms with Crippen molar-refractivity contribution >= 4 is 27.6 Å². The van der Waals surface area contributed by atoms with Crippen LogP contribution in [0.4, 0.5) is 0 Å². The zero-order chi connectivity index (χ0) is 17.4. The third kappa shape index (κ3) is 2.64. The maximum atomic E-state index is 12.4. The molecule has 0 bridgehead atoms. The van der Waals surface area contributed by atoms with E-state index in [0.29, 0.717) is 5.56 Å². The molecule has 0 amide bonds. The molecule has 0 saturated heterocycles. The fraction of sp³-hybridized carbons (Fsp3) is 0.0909. The molecule has 4 rings (SSSR count). The van der Waals surface area contributed by atoms with E-state index in [1.54, 1.807) is 0 Å². The minimum atomic E-state index is -0.350. The first-order valence-corrected chi connectivity index (χ1v) is 8.15. The molecular formula is C22H17NO2. The maximum Gasteiger partial charge on any atom is 0.338 e. The van der Waals surface area contributed by atoms with Gasteiger partial charge in [-0.05, 0) is 24.4 Å². The highest BCUT2D eigenvalue weighted by molar-refractivity contribution is 6.13. The quantitative estimate of drug-likeness (QED) is 0.377. The van der Waals surface area contributed by atoms with Crippen molar-refractivity contribution in [2.24, 2.45) is 0 Å². The number of esters is 1. The highest BCUT2D eigenvalue weighted by atomic mass is 16.5. The Balaban J connectivity index is 2.11. The fourth-order valence-corrected chi connectivity index (χ4v) is 3.19. The van der Waals surface area contributed by atoms with Crippen molar-refractivity contribution in [1.82, 2.24) is 4.98 Å². The van der Waals surface area contributed by atoms with Gasteiger partial charge in [0.05, 0.1) is 23.9 Å². The topological polar surface area (TPSA) is 39.2 Å². The van der Waals surface area contributed by atoms with E-state index >= 15 is 0 Å². The van der Waals surface area contributed by atoms with E-state index in [4.69, 9.17) is 9.72 Å². The first-order valence-electron chi connectivity index (χ1n) is 8.15. The molecule has 0 unspecified atom stereocenters. The van der Waals surface area contributed by atoms with Crippen LogP contribution >= 0.6 is 0 Å². The Hall–Kier alpha value is -3.20. The van der Waals surface area contributed by atoms with E-state index in [9.17, 15) is 4.79 Å². The largest absolute Gasteiger partial charge is 0.465 e. The third-order valence-corrected chi connectivity index (χ3v) is 4.42. The molecule has 0 fully saturated rings. The summed E-state index contributed by atoms with van der Waals surface area (Å²) in [5.41, 5.74) is 4.26. The number of ether oxygens (including phenoxy) is 1. The summed E-state index contributed by atoms with van der Waals surface area (Å²) in [7, 11) is 1.40. The van der Waals surface area contributed by atoms with Gasteiger partial charge in [-0.15, -0.1) is 0 Å². The number of hydrogen-bond acceptors (Lipinski definition) is 3. The highest BCUT2D eigenvalue weighted by Gasteiger charge is 2.16. The average molecular weight is 327 g/mol. The second-order valence-electron chi connectivity index (χ2n) is 6.10. The molecule has 0 spiro atoms. The number of pyridine rings is 1. The number of carbonyl (C=O) groups is 1. The molecule has 0 aliphatic rings. The maximum absolute atomic E-state index is 12.4. The second kappa shape index (κ2) is 6.02. The smallest absolute Gasteiger partial charge is 0.338 e. The number of hydrogen-bond donors (Lipinski definition) is 0. The average Bonchev–Trinajstić information content (AvgIpc) is 2.66. The van der Waals surface area contributed by atoms with Gasteiger partial charge in [-0.2, -0.15) is 0 Å². The van der Waals surface area contributed by atoms with Gasteiger partial charge in [0.1, 0.15) is 0 Å². The molecule has 3 aromatic carbocycles. The number of methoxy groups -OCH3 is 1. The zero-order valence-electron chi connectivity index (χ0n) is 14.1. The number of carbonyl (C=O) groups excluding carboxylic acids is 1. The molecule has 4 aromatic rings. The predicted octanol–water partition coefficient (Wildman–Crippen LogP) is 5.15. The molecule has 0 aliphatic heterocycles. The van der Waals surface area contributed by atoms with Crippen molar-refractivity contribution in [3.63, 3.8) is 0 Å². The lowest BCUT2D eigenvalue weighted by Crippen LogP contribution is -2.04. The molecule has 1 heterocycles. The van der Waals surface area contributed by atoms with Gasteiger partial charge >= 0.3 is 5.97 Å². The van der Waals surface area contributed by atoms with Crippen molar-refractivity contribution in [2.45, 2.75) is 6.92 Å². The summed E-state index contributed by atoms with van der Waals surface area (Å²) < 4.78 is 5.00. The SMILES string of the molecule is COC(=O)c1cc(-c2cccc(C)c2)nc2c1ccc1ccccc12. The van der Waals surface area contributed by atoms with Gasteiger partial charge < -0.3 is 4.74 Å². The van der Waals surface area contributed by atoms with Crippen molar-refractivity contribution < 1.29 is 9.53 Å². The van der Waals surface area contributed by atoms with E-state index in [-0.39, 0.29) is 5.97 Å². The number of aryl methyl sites for hydroxylation is 1. The minimum Gasteiger partial charge on any atom is -0.465 e. The number of rotatable bonds is 2. The first-order chi connectivity index (χ1) is 12.2. The van der Waals surface area contributed by atoms with Gasteiger partial charge in [0.25, 0.3) is 0 Å². The monoisotopic (exact) mass is 327 g/mol. The van der Waals surface area contributed by atoms with Crippen LogP contribution in [0.5, 0.6) is 0 Å². The molecule has 0 aliphatic carbocycles. The Kier molecular flexibility index (Phi) is 3.69. The number of aromatic nitrogens is 1. The van der Waals surface area contributed by atoms with Crippen LogP contribution in [0.25, 0.3) is 32.9 Å². The Morgan fingerprint density at radius 2 is 1.76 bits per heavy atom. The van der Waals surface area contributed by atoms with Crippen molar-refractivity contribution in [1.29, 1.82) is 0 Å². The Morgan fingerprint density at radius 3 is 2.56 bits per heavy atom. The standard InChI is InChI=1S/C22H17NO2/c1-14-6-5-8-16(12-14)20-13-19(22(24)25-2)18-11-10-15-7-3-4-9-17(15)21(18)23-20/h3-13H,1-2H3. The summed E-state index contributed by atoms with van der Waals surface area (Å²) in [5, 5.41) is 2.93. The minimum absolute atomic E-state index is 0.350. The number of fused-ring (bicyclic) bond motifs is 3. The molecule has 0 radical (unpaired) electrons. The van der Waals surface area contributed by atoms with Crippen molar-refractivity contribution in [2.75, 3.05) is 7.11 Å². The molecule has 3 heteroatoms. The van der Waals surface area contributed by atoms with Crippen LogP contribution in [0, 0.1) is 6.92 Å². The highest BCUT2D eigenvalue weighted by Crippen LogP contribution is 2.30. The van der Waals surface area contributed by atoms with Crippen LogP contribution in [0.1, 0.15) is 15.9 Å². The Morgan fingerprint density at radius 1 is 0.920 bits per heavy atom. The van der Waals surface area contributed by atoms with E-state index in [2.05, 4.69) is 6.07 Å². The summed E-state index contributed by atoms with van der Waals surface area (Å²) in [6, 6.07) is 22.0. The first kappa shape index (κ1) is 15.3. The normalized spacial score (nSPS) is 11.0. The van der Waals surface area contributed by atoms with E-state index in [1.165, 1.54) is 7.11 Å². The summed E-state index contributed by atoms with van der Waals surface area (Å²) in [6.45, 7) is 2.04.